The zero-order chi connectivity index (χ0) is 41.5. The monoisotopic (exact) mass is 800 g/mol. The Bertz CT molecular complexity index is 3660. The van der Waals surface area contributed by atoms with E-state index in [1.807, 2.05) is 0 Å². The van der Waals surface area contributed by atoms with Gasteiger partial charge in [0.2, 0.25) is 0 Å². The number of rotatable bonds is 6. The Morgan fingerprint density at radius 1 is 0.254 bits per heavy atom. The number of nitrogens with zero attached hydrogens (tertiary/aromatic N) is 2. The highest BCUT2D eigenvalue weighted by atomic mass is 15.0. The van der Waals surface area contributed by atoms with Crippen molar-refractivity contribution in [2.24, 2.45) is 0 Å². The molecule has 0 bridgehead atoms. The van der Waals surface area contributed by atoms with E-state index in [4.69, 9.17) is 0 Å². The van der Waals surface area contributed by atoms with Crippen LogP contribution in [-0.2, 0) is 5.41 Å². The van der Waals surface area contributed by atoms with Crippen LogP contribution in [0.15, 0.2) is 243 Å². The van der Waals surface area contributed by atoms with Crippen molar-refractivity contribution in [3.05, 3.63) is 265 Å². The van der Waals surface area contributed by atoms with Gasteiger partial charge in [-0.05, 0) is 116 Å². The molecule has 294 valence electrons. The number of aromatic nitrogens is 2. The first-order valence-corrected chi connectivity index (χ1v) is 21.8. The zero-order valence-corrected chi connectivity index (χ0v) is 34.5. The van der Waals surface area contributed by atoms with Gasteiger partial charge in [0.05, 0.1) is 27.5 Å². The number of hydrogen-bond donors (Lipinski definition) is 0. The normalized spacial score (nSPS) is 12.9. The summed E-state index contributed by atoms with van der Waals surface area (Å²) in [4.78, 5) is 0. The second kappa shape index (κ2) is 13.9. The summed E-state index contributed by atoms with van der Waals surface area (Å²) >= 11 is 0. The van der Waals surface area contributed by atoms with Crippen molar-refractivity contribution in [1.29, 1.82) is 0 Å². The van der Waals surface area contributed by atoms with Crippen LogP contribution in [0.3, 0.4) is 0 Å². The molecular weight excluding hydrogens is 761 g/mol. The van der Waals surface area contributed by atoms with Gasteiger partial charge in [0, 0.05) is 32.9 Å². The van der Waals surface area contributed by atoms with E-state index >= 15 is 0 Å². The fraction of sp³-hybridized carbons (Fsp3) is 0.0164. The number of benzene rings is 10. The Morgan fingerprint density at radius 2 is 0.730 bits per heavy atom. The molecule has 10 aromatic carbocycles. The van der Waals surface area contributed by atoms with E-state index in [-0.39, 0.29) is 0 Å². The minimum atomic E-state index is -0.498. The van der Waals surface area contributed by atoms with Crippen molar-refractivity contribution >= 4 is 43.6 Å². The molecule has 0 N–H and O–H groups in total. The summed E-state index contributed by atoms with van der Waals surface area (Å²) in [5.74, 6) is 0. The number of hydrogen-bond acceptors (Lipinski definition) is 0. The fourth-order valence-electron chi connectivity index (χ4n) is 10.9. The molecule has 63 heavy (non-hydrogen) atoms. The third-order valence-corrected chi connectivity index (χ3v) is 13.6. The van der Waals surface area contributed by atoms with Crippen LogP contribution in [0, 0.1) is 0 Å². The Labute approximate surface area is 366 Å². The fourth-order valence-corrected chi connectivity index (χ4v) is 10.9. The van der Waals surface area contributed by atoms with Crippen LogP contribution < -0.4 is 0 Å². The molecule has 0 atom stereocenters. The van der Waals surface area contributed by atoms with Crippen LogP contribution in [0.5, 0.6) is 0 Å². The van der Waals surface area contributed by atoms with Crippen molar-refractivity contribution in [2.75, 3.05) is 0 Å². The third kappa shape index (κ3) is 5.25. The number of fused-ring (bicyclic) bond motifs is 9. The second-order valence-electron chi connectivity index (χ2n) is 16.8. The molecule has 0 saturated carbocycles. The highest BCUT2D eigenvalue weighted by Gasteiger charge is 2.46. The second-order valence-corrected chi connectivity index (χ2v) is 16.8. The van der Waals surface area contributed by atoms with Gasteiger partial charge in [-0.25, -0.2) is 0 Å². The molecule has 2 nitrogen and oxygen atoms in total. The summed E-state index contributed by atoms with van der Waals surface area (Å²) in [5, 5.41) is 4.97. The molecular formula is C61H40N2. The van der Waals surface area contributed by atoms with Gasteiger partial charge in [-0.2, -0.15) is 0 Å². The minimum Gasteiger partial charge on any atom is -0.309 e. The van der Waals surface area contributed by atoms with Crippen molar-refractivity contribution in [3.8, 4) is 44.8 Å². The summed E-state index contributed by atoms with van der Waals surface area (Å²) in [6.07, 6.45) is 0. The molecule has 2 heterocycles. The van der Waals surface area contributed by atoms with Crippen molar-refractivity contribution in [2.45, 2.75) is 5.41 Å². The standard InChI is InChI=1S/C61H40N2/c1-4-16-41(17-5-1)42-28-33-48(34-29-42)62-58-36-31-43(44-30-35-52-51-24-12-15-27-57(51)63(60(52)39-44)47-20-8-3-9-21-47)38-53(58)54-40-46(32-37-59(54)62)61(45-18-6-2-7-19-45)55-25-13-10-22-49(55)50-23-11-14-26-56(50)61/h1-40H. The van der Waals surface area contributed by atoms with Crippen LogP contribution in [-0.4, -0.2) is 9.13 Å². The van der Waals surface area contributed by atoms with Crippen molar-refractivity contribution in [1.82, 2.24) is 9.13 Å². The highest BCUT2D eigenvalue weighted by molar-refractivity contribution is 6.13. The molecule has 0 amide bonds. The average Bonchev–Trinajstić information content (AvgIpc) is 3.98. The predicted molar refractivity (Wildman–Crippen MR) is 263 cm³/mol. The molecule has 12 aromatic rings. The van der Waals surface area contributed by atoms with Gasteiger partial charge in [-0.1, -0.05) is 182 Å². The molecule has 2 heteroatoms. The Kier molecular flexibility index (Phi) is 7.85. The van der Waals surface area contributed by atoms with E-state index in [0.717, 1.165) is 11.4 Å². The SMILES string of the molecule is c1ccc(-c2ccc(-n3c4ccc(-c5ccc6c7ccccc7n(-c7ccccc7)c6c5)cc4c4cc(C5(c6ccccc6)c6ccccc6-c6ccccc65)ccc43)cc2)cc1. The van der Waals surface area contributed by atoms with E-state index in [1.54, 1.807) is 0 Å². The molecule has 2 aromatic heterocycles. The van der Waals surface area contributed by atoms with E-state index in [2.05, 4.69) is 252 Å². The lowest BCUT2D eigenvalue weighted by molar-refractivity contribution is 0.770. The lowest BCUT2D eigenvalue weighted by Gasteiger charge is -2.34. The maximum atomic E-state index is 2.50. The van der Waals surface area contributed by atoms with Crippen LogP contribution in [0.4, 0.5) is 0 Å². The summed E-state index contributed by atoms with van der Waals surface area (Å²) in [6, 6.07) is 89.6. The van der Waals surface area contributed by atoms with Gasteiger partial charge < -0.3 is 9.13 Å². The molecule has 1 aliphatic carbocycles. The molecule has 0 spiro atoms. The topological polar surface area (TPSA) is 9.86 Å². The molecule has 1 aliphatic rings. The van der Waals surface area contributed by atoms with E-state index in [9.17, 15) is 0 Å². The van der Waals surface area contributed by atoms with Gasteiger partial charge in [-0.3, -0.25) is 0 Å². The lowest BCUT2D eigenvalue weighted by atomic mass is 9.67. The molecule has 0 fully saturated rings. The maximum Gasteiger partial charge on any atom is 0.0713 e. The summed E-state index contributed by atoms with van der Waals surface area (Å²) in [7, 11) is 0. The third-order valence-electron chi connectivity index (χ3n) is 13.6. The van der Waals surface area contributed by atoms with E-state index in [1.165, 1.54) is 99.2 Å². The van der Waals surface area contributed by atoms with Gasteiger partial charge in [0.25, 0.3) is 0 Å². The first-order chi connectivity index (χ1) is 31.3. The van der Waals surface area contributed by atoms with E-state index < -0.39 is 5.41 Å². The first-order valence-electron chi connectivity index (χ1n) is 21.8. The number of para-hydroxylation sites is 2. The van der Waals surface area contributed by atoms with Crippen LogP contribution in [0.25, 0.3) is 88.4 Å². The predicted octanol–water partition coefficient (Wildman–Crippen LogP) is 15.6. The Hall–Kier alpha value is -8.20. The van der Waals surface area contributed by atoms with Crippen LogP contribution >= 0.6 is 0 Å². The van der Waals surface area contributed by atoms with Gasteiger partial charge >= 0.3 is 0 Å². The summed E-state index contributed by atoms with van der Waals surface area (Å²) in [6.45, 7) is 0. The molecule has 13 rings (SSSR count). The van der Waals surface area contributed by atoms with Crippen LogP contribution in [0.1, 0.15) is 22.3 Å². The van der Waals surface area contributed by atoms with Crippen LogP contribution in [0.2, 0.25) is 0 Å². The molecule has 0 radical (unpaired) electrons. The molecule has 0 aliphatic heterocycles. The summed E-state index contributed by atoms with van der Waals surface area (Å²) < 4.78 is 4.86. The van der Waals surface area contributed by atoms with Crippen molar-refractivity contribution < 1.29 is 0 Å². The minimum absolute atomic E-state index is 0.498. The molecule has 0 saturated heterocycles. The quantitative estimate of drug-likeness (QED) is 0.159. The summed E-state index contributed by atoms with van der Waals surface area (Å²) in [5.41, 5.74) is 19.1. The van der Waals surface area contributed by atoms with Gasteiger partial charge in [0.15, 0.2) is 0 Å². The van der Waals surface area contributed by atoms with Crippen molar-refractivity contribution in [3.63, 3.8) is 0 Å². The van der Waals surface area contributed by atoms with Gasteiger partial charge in [-0.15, -0.1) is 0 Å². The zero-order valence-electron chi connectivity index (χ0n) is 34.5. The average molecular weight is 801 g/mol. The smallest absolute Gasteiger partial charge is 0.0713 e. The van der Waals surface area contributed by atoms with E-state index in [0.29, 0.717) is 0 Å². The highest BCUT2D eigenvalue weighted by Crippen LogP contribution is 2.56. The lowest BCUT2D eigenvalue weighted by Crippen LogP contribution is -2.28. The maximum absolute atomic E-state index is 2.50. The first kappa shape index (κ1) is 35.5. The molecule has 0 unspecified atom stereocenters. The largest absolute Gasteiger partial charge is 0.309 e. The Balaban J connectivity index is 1.07. The van der Waals surface area contributed by atoms with Gasteiger partial charge in [0.1, 0.15) is 0 Å². The Morgan fingerprint density at radius 3 is 1.46 bits per heavy atom.